The molecule has 1 atom stereocenters. The molecule has 2 aromatic rings. The second-order valence-corrected chi connectivity index (χ2v) is 7.42. The van der Waals surface area contributed by atoms with Gasteiger partial charge in [0.15, 0.2) is 0 Å². The van der Waals surface area contributed by atoms with Crippen molar-refractivity contribution >= 4 is 11.9 Å². The van der Waals surface area contributed by atoms with Gasteiger partial charge in [-0.15, -0.1) is 0 Å². The van der Waals surface area contributed by atoms with Crippen LogP contribution in [0, 0.1) is 5.92 Å². The number of benzene rings is 2. The Balaban J connectivity index is 1.75. The molecule has 0 bridgehead atoms. The van der Waals surface area contributed by atoms with E-state index in [0.29, 0.717) is 26.1 Å². The molecule has 2 aromatic carbocycles. The molecule has 1 amide bonds. The van der Waals surface area contributed by atoms with Crippen molar-refractivity contribution in [1.29, 1.82) is 0 Å². The van der Waals surface area contributed by atoms with Gasteiger partial charge in [-0.1, -0.05) is 61.5 Å². The molecule has 0 saturated carbocycles. The topological polar surface area (TPSA) is 60.9 Å². The maximum atomic E-state index is 13.0. The van der Waals surface area contributed by atoms with Gasteiger partial charge in [0.2, 0.25) is 5.91 Å². The largest absolute Gasteiger partial charge is 0.480 e. The summed E-state index contributed by atoms with van der Waals surface area (Å²) in [6.07, 6.45) is 1.54. The summed E-state index contributed by atoms with van der Waals surface area (Å²) in [6, 6.07) is 18.5. The third-order valence-electron chi connectivity index (χ3n) is 5.22. The molecule has 0 spiro atoms. The fourth-order valence-electron chi connectivity index (χ4n) is 3.84. The lowest BCUT2D eigenvalue weighted by Gasteiger charge is -2.23. The summed E-state index contributed by atoms with van der Waals surface area (Å²) in [7, 11) is 0. The van der Waals surface area contributed by atoms with Crippen molar-refractivity contribution in [3.8, 4) is 11.1 Å². The predicted octanol–water partition coefficient (Wildman–Crippen LogP) is 3.15. The molecule has 1 aliphatic rings. The average molecular weight is 380 g/mol. The third-order valence-corrected chi connectivity index (χ3v) is 5.22. The van der Waals surface area contributed by atoms with Gasteiger partial charge in [-0.25, -0.2) is 0 Å². The lowest BCUT2D eigenvalue weighted by atomic mass is 9.95. The summed E-state index contributed by atoms with van der Waals surface area (Å²) in [5, 5.41) is 9.17. The van der Waals surface area contributed by atoms with Crippen LogP contribution in [0.3, 0.4) is 0 Å². The van der Waals surface area contributed by atoms with Gasteiger partial charge in [0.05, 0.1) is 12.5 Å². The first-order valence-corrected chi connectivity index (χ1v) is 9.94. The lowest BCUT2D eigenvalue weighted by molar-refractivity contribution is -0.139. The van der Waals surface area contributed by atoms with Crippen molar-refractivity contribution in [2.45, 2.75) is 19.8 Å². The second kappa shape index (κ2) is 9.51. The molecule has 5 heteroatoms. The standard InChI is InChI=1S/C23H28N2O3/c1-2-12-25-14-13-24(17-22(26)27)16-21(23(25)28)15-18-8-10-20(11-9-18)19-6-4-3-5-7-19/h3-11,21H,2,12-17H2,1H3,(H,26,27)/t21-/m1/s1. The first-order chi connectivity index (χ1) is 13.6. The highest BCUT2D eigenvalue weighted by atomic mass is 16.4. The van der Waals surface area contributed by atoms with Gasteiger partial charge < -0.3 is 10.0 Å². The predicted molar refractivity (Wildman–Crippen MR) is 110 cm³/mol. The molecule has 1 fully saturated rings. The van der Waals surface area contributed by atoms with E-state index in [0.717, 1.165) is 24.1 Å². The van der Waals surface area contributed by atoms with E-state index in [4.69, 9.17) is 5.11 Å². The van der Waals surface area contributed by atoms with Crippen LogP contribution in [0.25, 0.3) is 11.1 Å². The fourth-order valence-corrected chi connectivity index (χ4v) is 3.84. The number of aliphatic carboxylic acids is 1. The maximum Gasteiger partial charge on any atom is 0.317 e. The first-order valence-electron chi connectivity index (χ1n) is 9.94. The molecule has 0 aliphatic carbocycles. The van der Waals surface area contributed by atoms with E-state index in [1.54, 1.807) is 0 Å². The normalized spacial score (nSPS) is 18.1. The van der Waals surface area contributed by atoms with Crippen molar-refractivity contribution in [1.82, 2.24) is 9.80 Å². The minimum Gasteiger partial charge on any atom is -0.480 e. The quantitative estimate of drug-likeness (QED) is 0.802. The minimum absolute atomic E-state index is 0.0172. The van der Waals surface area contributed by atoms with E-state index in [1.165, 1.54) is 5.56 Å². The van der Waals surface area contributed by atoms with Crippen LogP contribution in [-0.2, 0) is 16.0 Å². The highest BCUT2D eigenvalue weighted by Gasteiger charge is 2.30. The van der Waals surface area contributed by atoms with Gasteiger partial charge in [-0.3, -0.25) is 14.5 Å². The number of nitrogens with zero attached hydrogens (tertiary/aromatic N) is 2. The van der Waals surface area contributed by atoms with E-state index in [-0.39, 0.29) is 18.4 Å². The number of carbonyl (C=O) groups excluding carboxylic acids is 1. The molecule has 1 saturated heterocycles. The third kappa shape index (κ3) is 5.20. The summed E-state index contributed by atoms with van der Waals surface area (Å²) >= 11 is 0. The first kappa shape index (κ1) is 20.1. The Morgan fingerprint density at radius 2 is 1.71 bits per heavy atom. The Bertz CT molecular complexity index is 789. The van der Waals surface area contributed by atoms with Crippen molar-refractivity contribution < 1.29 is 14.7 Å². The van der Waals surface area contributed by atoms with Crippen LogP contribution < -0.4 is 0 Å². The lowest BCUT2D eigenvalue weighted by Crippen LogP contribution is -2.38. The number of carboxylic acids is 1. The molecule has 5 nitrogen and oxygen atoms in total. The van der Waals surface area contributed by atoms with Crippen molar-refractivity contribution in [3.05, 3.63) is 60.2 Å². The number of amides is 1. The van der Waals surface area contributed by atoms with E-state index in [9.17, 15) is 9.59 Å². The van der Waals surface area contributed by atoms with Crippen LogP contribution in [0.5, 0.6) is 0 Å². The molecule has 1 aliphatic heterocycles. The van der Waals surface area contributed by atoms with Gasteiger partial charge in [0.1, 0.15) is 0 Å². The summed E-state index contributed by atoms with van der Waals surface area (Å²) in [6.45, 7) is 4.47. The Hall–Kier alpha value is -2.66. The smallest absolute Gasteiger partial charge is 0.317 e. The summed E-state index contributed by atoms with van der Waals surface area (Å²) in [5.74, 6) is -0.916. The zero-order valence-corrected chi connectivity index (χ0v) is 16.4. The number of rotatable bonds is 7. The van der Waals surface area contributed by atoms with E-state index in [2.05, 4.69) is 43.3 Å². The number of carbonyl (C=O) groups is 2. The fraction of sp³-hybridized carbons (Fsp3) is 0.391. The van der Waals surface area contributed by atoms with Crippen LogP contribution in [0.1, 0.15) is 18.9 Å². The van der Waals surface area contributed by atoms with Crippen LogP contribution >= 0.6 is 0 Å². The molecule has 0 aromatic heterocycles. The van der Waals surface area contributed by atoms with Crippen molar-refractivity contribution in [2.75, 3.05) is 32.7 Å². The van der Waals surface area contributed by atoms with Gasteiger partial charge in [-0.05, 0) is 29.5 Å². The number of carboxylic acid groups (broad SMARTS) is 1. The monoisotopic (exact) mass is 380 g/mol. The van der Waals surface area contributed by atoms with Crippen molar-refractivity contribution in [2.24, 2.45) is 5.92 Å². The highest BCUT2D eigenvalue weighted by Crippen LogP contribution is 2.22. The molecule has 1 N–H and O–H groups in total. The summed E-state index contributed by atoms with van der Waals surface area (Å²) in [5.41, 5.74) is 3.42. The average Bonchev–Trinajstić information content (AvgIpc) is 2.83. The Kier molecular flexibility index (Phi) is 6.82. The summed E-state index contributed by atoms with van der Waals surface area (Å²) < 4.78 is 0. The molecule has 0 radical (unpaired) electrons. The van der Waals surface area contributed by atoms with Crippen LogP contribution in [0.15, 0.2) is 54.6 Å². The zero-order chi connectivity index (χ0) is 19.9. The van der Waals surface area contributed by atoms with Gasteiger partial charge in [0.25, 0.3) is 0 Å². The minimum atomic E-state index is -0.845. The number of hydrogen-bond acceptors (Lipinski definition) is 3. The molecule has 148 valence electrons. The molecule has 28 heavy (non-hydrogen) atoms. The van der Waals surface area contributed by atoms with E-state index in [1.807, 2.05) is 28.0 Å². The van der Waals surface area contributed by atoms with Gasteiger partial charge >= 0.3 is 5.97 Å². The molecule has 3 rings (SSSR count). The zero-order valence-electron chi connectivity index (χ0n) is 16.4. The SMILES string of the molecule is CCCN1CCN(CC(=O)O)C[C@@H](Cc2ccc(-c3ccccc3)cc2)C1=O. The Morgan fingerprint density at radius 3 is 2.36 bits per heavy atom. The Labute approximate surface area is 166 Å². The Morgan fingerprint density at radius 1 is 1.04 bits per heavy atom. The van der Waals surface area contributed by atoms with Gasteiger partial charge in [-0.2, -0.15) is 0 Å². The number of hydrogen-bond donors (Lipinski definition) is 1. The highest BCUT2D eigenvalue weighted by molar-refractivity contribution is 5.80. The van der Waals surface area contributed by atoms with Crippen LogP contribution in [0.2, 0.25) is 0 Å². The van der Waals surface area contributed by atoms with Crippen LogP contribution in [-0.4, -0.2) is 59.5 Å². The molecule has 0 unspecified atom stereocenters. The second-order valence-electron chi connectivity index (χ2n) is 7.42. The maximum absolute atomic E-state index is 13.0. The molecular formula is C23H28N2O3. The molecule has 1 heterocycles. The van der Waals surface area contributed by atoms with E-state index >= 15 is 0 Å². The van der Waals surface area contributed by atoms with Gasteiger partial charge in [0, 0.05) is 26.2 Å². The van der Waals surface area contributed by atoms with Crippen molar-refractivity contribution in [3.63, 3.8) is 0 Å². The molecular weight excluding hydrogens is 352 g/mol. The van der Waals surface area contributed by atoms with Crippen LogP contribution in [0.4, 0.5) is 0 Å². The van der Waals surface area contributed by atoms with E-state index < -0.39 is 5.97 Å². The summed E-state index contributed by atoms with van der Waals surface area (Å²) in [4.78, 5) is 28.0.